The number of imidazole rings is 1. The van der Waals surface area contributed by atoms with Gasteiger partial charge in [-0.05, 0) is 18.8 Å². The monoisotopic (exact) mass is 267 g/mol. The molecule has 0 bridgehead atoms. The third kappa shape index (κ3) is 3.49. The van der Waals surface area contributed by atoms with E-state index in [0.29, 0.717) is 12.4 Å². The first-order valence-corrected chi connectivity index (χ1v) is 6.88. The van der Waals surface area contributed by atoms with E-state index in [2.05, 4.69) is 25.8 Å². The lowest BCUT2D eigenvalue weighted by molar-refractivity contribution is 0.0521. The van der Waals surface area contributed by atoms with E-state index >= 15 is 0 Å². The number of hydrogen-bond donors (Lipinski definition) is 1. The molecule has 0 unspecified atom stereocenters. The van der Waals surface area contributed by atoms with Crippen LogP contribution in [0, 0.1) is 5.41 Å². The van der Waals surface area contributed by atoms with Gasteiger partial charge in [-0.1, -0.05) is 27.7 Å². The number of ether oxygens (including phenoxy) is 1. The molecule has 5 heteroatoms. The van der Waals surface area contributed by atoms with Gasteiger partial charge >= 0.3 is 5.97 Å². The lowest BCUT2D eigenvalue weighted by Crippen LogP contribution is -2.21. The Morgan fingerprint density at radius 3 is 2.47 bits per heavy atom. The van der Waals surface area contributed by atoms with Crippen LogP contribution in [-0.4, -0.2) is 22.1 Å². The molecule has 19 heavy (non-hydrogen) atoms. The molecule has 0 fully saturated rings. The number of anilines is 1. The molecule has 0 radical (unpaired) electrons. The second kappa shape index (κ2) is 6.08. The zero-order valence-corrected chi connectivity index (χ0v) is 12.6. The first-order chi connectivity index (χ1) is 8.86. The minimum Gasteiger partial charge on any atom is -0.461 e. The summed E-state index contributed by atoms with van der Waals surface area (Å²) in [6.45, 7) is 11.4. The topological polar surface area (TPSA) is 70.1 Å². The summed E-state index contributed by atoms with van der Waals surface area (Å²) in [5, 5.41) is 0. The summed E-state index contributed by atoms with van der Waals surface area (Å²) in [4.78, 5) is 16.1. The van der Waals surface area contributed by atoms with Gasteiger partial charge in [-0.15, -0.1) is 0 Å². The lowest BCUT2D eigenvalue weighted by Gasteiger charge is -2.24. The molecular weight excluding hydrogens is 242 g/mol. The number of carbonyl (C=O) groups excluding carboxylic acids is 1. The van der Waals surface area contributed by atoms with E-state index in [4.69, 9.17) is 10.5 Å². The van der Waals surface area contributed by atoms with Crippen molar-refractivity contribution in [1.82, 2.24) is 9.55 Å². The molecule has 0 atom stereocenters. The highest BCUT2D eigenvalue weighted by Gasteiger charge is 2.24. The second-order valence-electron chi connectivity index (χ2n) is 5.44. The van der Waals surface area contributed by atoms with E-state index in [1.54, 1.807) is 6.92 Å². The lowest BCUT2D eigenvalue weighted by atomic mass is 9.90. The molecule has 5 nitrogen and oxygen atoms in total. The molecule has 0 aliphatic heterocycles. The molecule has 0 aliphatic rings. The summed E-state index contributed by atoms with van der Waals surface area (Å²) < 4.78 is 6.92. The zero-order chi connectivity index (χ0) is 14.6. The van der Waals surface area contributed by atoms with Crippen molar-refractivity contribution in [3.05, 3.63) is 11.5 Å². The predicted octanol–water partition coefficient (Wildman–Crippen LogP) is 2.64. The van der Waals surface area contributed by atoms with Crippen LogP contribution in [0.5, 0.6) is 0 Å². The van der Waals surface area contributed by atoms with Gasteiger partial charge < -0.3 is 15.0 Å². The van der Waals surface area contributed by atoms with Gasteiger partial charge in [0.15, 0.2) is 5.69 Å². The Morgan fingerprint density at radius 1 is 1.37 bits per heavy atom. The number of aromatic nitrogens is 2. The van der Waals surface area contributed by atoms with Crippen molar-refractivity contribution in [3.8, 4) is 0 Å². The average Bonchev–Trinajstić information content (AvgIpc) is 2.67. The molecule has 0 amide bonds. The molecule has 0 aliphatic carbocycles. The average molecular weight is 267 g/mol. The molecule has 108 valence electrons. The van der Waals surface area contributed by atoms with Crippen molar-refractivity contribution in [2.45, 2.75) is 54.0 Å². The maximum atomic E-state index is 11.8. The highest BCUT2D eigenvalue weighted by atomic mass is 16.5. The molecule has 1 aromatic rings. The Balaban J connectivity index is 3.14. The van der Waals surface area contributed by atoms with Crippen LogP contribution in [0.25, 0.3) is 0 Å². The summed E-state index contributed by atoms with van der Waals surface area (Å²) in [6, 6.07) is 0. The van der Waals surface area contributed by atoms with Gasteiger partial charge in [-0.2, -0.15) is 0 Å². The summed E-state index contributed by atoms with van der Waals surface area (Å²) in [5.74, 6) is 0.807. The van der Waals surface area contributed by atoms with Crippen LogP contribution >= 0.6 is 0 Å². The summed E-state index contributed by atoms with van der Waals surface area (Å²) in [5.41, 5.74) is 6.43. The SMILES string of the molecule is CCOC(=O)c1nc(CC)n(CC(C)(C)CC)c1N. The van der Waals surface area contributed by atoms with Crippen LogP contribution in [-0.2, 0) is 17.7 Å². The Morgan fingerprint density at radius 2 is 2.00 bits per heavy atom. The number of nitrogen functional groups attached to an aromatic ring is 1. The summed E-state index contributed by atoms with van der Waals surface area (Å²) in [6.07, 6.45) is 1.77. The third-order valence-corrected chi connectivity index (χ3v) is 3.41. The van der Waals surface area contributed by atoms with Crippen LogP contribution in [0.15, 0.2) is 0 Å². The van der Waals surface area contributed by atoms with Gasteiger partial charge in [0.05, 0.1) is 6.61 Å². The highest BCUT2D eigenvalue weighted by molar-refractivity contribution is 5.92. The number of rotatable bonds is 6. The fourth-order valence-electron chi connectivity index (χ4n) is 1.85. The van der Waals surface area contributed by atoms with E-state index < -0.39 is 5.97 Å². The van der Waals surface area contributed by atoms with Crippen LogP contribution < -0.4 is 5.73 Å². The number of aryl methyl sites for hydroxylation is 1. The largest absolute Gasteiger partial charge is 0.461 e. The molecule has 0 spiro atoms. The quantitative estimate of drug-likeness (QED) is 0.804. The highest BCUT2D eigenvalue weighted by Crippen LogP contribution is 2.26. The maximum Gasteiger partial charge on any atom is 0.360 e. The fraction of sp³-hybridized carbons (Fsp3) is 0.714. The smallest absolute Gasteiger partial charge is 0.360 e. The molecule has 2 N–H and O–H groups in total. The minimum atomic E-state index is -0.442. The minimum absolute atomic E-state index is 0.116. The van der Waals surface area contributed by atoms with Crippen LogP contribution in [0.2, 0.25) is 0 Å². The van der Waals surface area contributed by atoms with Crippen LogP contribution in [0.4, 0.5) is 5.82 Å². The second-order valence-corrected chi connectivity index (χ2v) is 5.44. The van der Waals surface area contributed by atoms with Crippen LogP contribution in [0.1, 0.15) is 57.4 Å². The van der Waals surface area contributed by atoms with Crippen molar-refractivity contribution in [3.63, 3.8) is 0 Å². The molecular formula is C14H25N3O2. The van der Waals surface area contributed by atoms with Gasteiger partial charge in [-0.3, -0.25) is 0 Å². The van der Waals surface area contributed by atoms with E-state index in [0.717, 1.165) is 25.2 Å². The van der Waals surface area contributed by atoms with Gasteiger partial charge in [0.2, 0.25) is 0 Å². The first kappa shape index (κ1) is 15.5. The first-order valence-electron chi connectivity index (χ1n) is 6.88. The van der Waals surface area contributed by atoms with Crippen molar-refractivity contribution >= 4 is 11.8 Å². The van der Waals surface area contributed by atoms with Crippen molar-refractivity contribution in [2.75, 3.05) is 12.3 Å². The molecule has 0 aromatic carbocycles. The normalized spacial score (nSPS) is 11.6. The number of nitrogens with zero attached hydrogens (tertiary/aromatic N) is 2. The van der Waals surface area contributed by atoms with E-state index in [1.807, 2.05) is 11.5 Å². The molecule has 1 rings (SSSR count). The van der Waals surface area contributed by atoms with Gasteiger partial charge in [0.1, 0.15) is 11.6 Å². The fourth-order valence-corrected chi connectivity index (χ4v) is 1.85. The van der Waals surface area contributed by atoms with Crippen molar-refractivity contribution in [2.24, 2.45) is 5.41 Å². The van der Waals surface area contributed by atoms with E-state index in [-0.39, 0.29) is 11.1 Å². The Labute approximate surface area is 115 Å². The Kier molecular flexibility index (Phi) is 4.97. The van der Waals surface area contributed by atoms with E-state index in [9.17, 15) is 4.79 Å². The number of esters is 1. The maximum absolute atomic E-state index is 11.8. The molecule has 1 aromatic heterocycles. The van der Waals surface area contributed by atoms with E-state index in [1.165, 1.54) is 0 Å². The predicted molar refractivity (Wildman–Crippen MR) is 76.0 cm³/mol. The summed E-state index contributed by atoms with van der Waals surface area (Å²) in [7, 11) is 0. The number of hydrogen-bond acceptors (Lipinski definition) is 4. The van der Waals surface area contributed by atoms with Gasteiger partial charge in [-0.25, -0.2) is 9.78 Å². The third-order valence-electron chi connectivity index (χ3n) is 3.41. The molecule has 0 saturated carbocycles. The Bertz CT molecular complexity index is 450. The van der Waals surface area contributed by atoms with Gasteiger partial charge in [0.25, 0.3) is 0 Å². The zero-order valence-electron chi connectivity index (χ0n) is 12.6. The standard InChI is InChI=1S/C14H25N3O2/c1-6-10-16-11(13(18)19-8-3)12(15)17(10)9-14(4,5)7-2/h6-9,15H2,1-5H3. The molecule has 0 saturated heterocycles. The van der Waals surface area contributed by atoms with Crippen molar-refractivity contribution in [1.29, 1.82) is 0 Å². The summed E-state index contributed by atoms with van der Waals surface area (Å²) >= 11 is 0. The number of nitrogens with two attached hydrogens (primary N) is 1. The van der Waals surface area contributed by atoms with Crippen LogP contribution in [0.3, 0.4) is 0 Å². The Hall–Kier alpha value is -1.52. The molecule has 1 heterocycles. The van der Waals surface area contributed by atoms with Crippen molar-refractivity contribution < 1.29 is 9.53 Å². The number of carbonyl (C=O) groups is 1. The van der Waals surface area contributed by atoms with Gasteiger partial charge in [0, 0.05) is 13.0 Å².